The van der Waals surface area contributed by atoms with E-state index in [-0.39, 0.29) is 5.92 Å². The lowest BCUT2D eigenvalue weighted by Gasteiger charge is -2.31. The molecule has 0 bridgehead atoms. The zero-order valence-electron chi connectivity index (χ0n) is 11.2. The molecule has 3 rings (SSSR count). The molecule has 5 nitrogen and oxygen atoms in total. The van der Waals surface area contributed by atoms with Gasteiger partial charge in [-0.2, -0.15) is 18.3 Å². The summed E-state index contributed by atoms with van der Waals surface area (Å²) in [7, 11) is 0. The highest BCUT2D eigenvalue weighted by Crippen LogP contribution is 2.32. The average molecular weight is 300 g/mol. The third-order valence-corrected chi connectivity index (χ3v) is 3.71. The largest absolute Gasteiger partial charge is 0.435 e. The number of rotatable bonds is 3. The van der Waals surface area contributed by atoms with Gasteiger partial charge in [-0.15, -0.1) is 0 Å². The molecule has 0 saturated carbocycles. The number of likely N-dealkylation sites (tertiary alicyclic amines) is 1. The fourth-order valence-electron chi connectivity index (χ4n) is 2.69. The molecule has 1 N–H and O–H groups in total. The Hall–Kier alpha value is -1.83. The number of alkyl halides is 3. The van der Waals surface area contributed by atoms with Crippen LogP contribution in [0.4, 0.5) is 13.2 Å². The lowest BCUT2D eigenvalue weighted by Crippen LogP contribution is -2.34. The first-order valence-electron chi connectivity index (χ1n) is 6.76. The van der Waals surface area contributed by atoms with Crippen LogP contribution in [-0.4, -0.2) is 33.3 Å². The molecular weight excluding hydrogens is 285 g/mol. The predicted octanol–water partition coefficient (Wildman–Crippen LogP) is 2.80. The lowest BCUT2D eigenvalue weighted by atomic mass is 9.94. The highest BCUT2D eigenvalue weighted by Gasteiger charge is 2.35. The molecule has 0 aliphatic carbocycles. The van der Waals surface area contributed by atoms with Gasteiger partial charge < -0.3 is 4.52 Å². The summed E-state index contributed by atoms with van der Waals surface area (Å²) in [5.74, 6) is 0.0363. The molecule has 2 aromatic heterocycles. The number of H-pyrrole nitrogens is 1. The van der Waals surface area contributed by atoms with Gasteiger partial charge >= 0.3 is 6.18 Å². The number of aromatic amines is 1. The number of hydrogen-bond donors (Lipinski definition) is 1. The van der Waals surface area contributed by atoms with Gasteiger partial charge in [0, 0.05) is 30.8 Å². The van der Waals surface area contributed by atoms with Crippen LogP contribution in [0.25, 0.3) is 0 Å². The van der Waals surface area contributed by atoms with Crippen molar-refractivity contribution in [3.05, 3.63) is 35.5 Å². The molecule has 1 unspecified atom stereocenters. The first kappa shape index (κ1) is 14.1. The van der Waals surface area contributed by atoms with Crippen molar-refractivity contribution < 1.29 is 17.7 Å². The minimum Gasteiger partial charge on any atom is -0.364 e. The van der Waals surface area contributed by atoms with Crippen LogP contribution in [0.5, 0.6) is 0 Å². The van der Waals surface area contributed by atoms with Crippen LogP contribution in [-0.2, 0) is 12.7 Å². The van der Waals surface area contributed by atoms with Crippen LogP contribution < -0.4 is 0 Å². The van der Waals surface area contributed by atoms with Gasteiger partial charge in [0.25, 0.3) is 0 Å². The summed E-state index contributed by atoms with van der Waals surface area (Å²) in [4.78, 5) is 2.17. The molecule has 21 heavy (non-hydrogen) atoms. The topological polar surface area (TPSA) is 58.0 Å². The van der Waals surface area contributed by atoms with E-state index in [1.165, 1.54) is 6.26 Å². The Morgan fingerprint density at radius 3 is 2.95 bits per heavy atom. The Labute approximate surface area is 119 Å². The number of nitrogens with zero attached hydrogens (tertiary/aromatic N) is 3. The van der Waals surface area contributed by atoms with Crippen LogP contribution >= 0.6 is 0 Å². The smallest absolute Gasteiger partial charge is 0.364 e. The number of nitrogens with one attached hydrogen (secondary N) is 1. The van der Waals surface area contributed by atoms with Crippen LogP contribution in [0.3, 0.4) is 0 Å². The number of piperidine rings is 1. The van der Waals surface area contributed by atoms with Gasteiger partial charge in [0.2, 0.25) is 0 Å². The molecule has 1 aliphatic heterocycles. The molecule has 3 heterocycles. The van der Waals surface area contributed by atoms with Crippen molar-refractivity contribution in [3.63, 3.8) is 0 Å². The van der Waals surface area contributed by atoms with E-state index in [1.54, 1.807) is 6.07 Å². The standard InChI is InChI=1S/C13H15F3N4O/c14-13(15,16)12-6-11(17-18-12)9-2-1-4-20(7-9)8-10-3-5-21-19-10/h3,5-6,9H,1-2,4,7-8H2,(H,17,18). The van der Waals surface area contributed by atoms with Gasteiger partial charge in [0.05, 0.1) is 5.69 Å². The minimum atomic E-state index is -4.40. The van der Waals surface area contributed by atoms with Crippen LogP contribution in [0.2, 0.25) is 0 Å². The number of hydrogen-bond acceptors (Lipinski definition) is 4. The first-order chi connectivity index (χ1) is 10.0. The van der Waals surface area contributed by atoms with E-state index < -0.39 is 11.9 Å². The molecule has 0 radical (unpaired) electrons. The average Bonchev–Trinajstić information content (AvgIpc) is 3.09. The minimum absolute atomic E-state index is 0.0363. The van der Waals surface area contributed by atoms with Gasteiger partial charge in [-0.25, -0.2) is 0 Å². The van der Waals surface area contributed by atoms with Crippen molar-refractivity contribution in [2.45, 2.75) is 31.5 Å². The zero-order chi connectivity index (χ0) is 14.9. The van der Waals surface area contributed by atoms with E-state index in [2.05, 4.69) is 20.3 Å². The van der Waals surface area contributed by atoms with Gasteiger partial charge in [-0.1, -0.05) is 5.16 Å². The van der Waals surface area contributed by atoms with Gasteiger partial charge in [-0.05, 0) is 25.5 Å². The molecule has 0 amide bonds. The van der Waals surface area contributed by atoms with Gasteiger partial charge in [-0.3, -0.25) is 10.00 Å². The molecule has 0 aromatic carbocycles. The normalized spacial score (nSPS) is 20.8. The van der Waals surface area contributed by atoms with Crippen molar-refractivity contribution in [2.75, 3.05) is 13.1 Å². The quantitative estimate of drug-likeness (QED) is 0.947. The summed E-state index contributed by atoms with van der Waals surface area (Å²) in [6.45, 7) is 2.24. The molecule has 8 heteroatoms. The second-order valence-electron chi connectivity index (χ2n) is 5.27. The summed E-state index contributed by atoms with van der Waals surface area (Å²) in [6, 6.07) is 2.91. The monoisotopic (exact) mass is 300 g/mol. The third kappa shape index (κ3) is 3.26. The van der Waals surface area contributed by atoms with Crippen LogP contribution in [0.1, 0.15) is 35.8 Å². The summed E-state index contributed by atoms with van der Waals surface area (Å²) < 4.78 is 42.5. The number of halogens is 3. The van der Waals surface area contributed by atoms with Crippen LogP contribution in [0, 0.1) is 0 Å². The fourth-order valence-corrected chi connectivity index (χ4v) is 2.69. The molecule has 2 aromatic rings. The summed E-state index contributed by atoms with van der Waals surface area (Å²) in [5.41, 5.74) is 0.523. The maximum Gasteiger partial charge on any atom is 0.435 e. The molecule has 1 saturated heterocycles. The first-order valence-corrected chi connectivity index (χ1v) is 6.76. The summed E-state index contributed by atoms with van der Waals surface area (Å²) >= 11 is 0. The summed E-state index contributed by atoms with van der Waals surface area (Å²) in [5, 5.41) is 9.76. The van der Waals surface area contributed by atoms with Crippen molar-refractivity contribution in [3.8, 4) is 0 Å². The van der Waals surface area contributed by atoms with Crippen LogP contribution in [0.15, 0.2) is 22.9 Å². The van der Waals surface area contributed by atoms with E-state index in [1.807, 2.05) is 0 Å². The molecular formula is C13H15F3N4O. The lowest BCUT2D eigenvalue weighted by molar-refractivity contribution is -0.141. The molecule has 114 valence electrons. The zero-order valence-corrected chi connectivity index (χ0v) is 11.2. The Kier molecular flexibility index (Phi) is 3.71. The highest BCUT2D eigenvalue weighted by molar-refractivity contribution is 5.16. The Morgan fingerprint density at radius 1 is 1.43 bits per heavy atom. The fraction of sp³-hybridized carbons (Fsp3) is 0.538. The van der Waals surface area contributed by atoms with Gasteiger partial charge in [0.1, 0.15) is 6.26 Å². The summed E-state index contributed by atoms with van der Waals surface area (Å²) in [6.07, 6.45) is -1.09. The third-order valence-electron chi connectivity index (χ3n) is 3.71. The second-order valence-corrected chi connectivity index (χ2v) is 5.27. The van der Waals surface area contributed by atoms with Gasteiger partial charge in [0.15, 0.2) is 5.69 Å². The molecule has 1 atom stereocenters. The molecule has 1 aliphatic rings. The van der Waals surface area contributed by atoms with E-state index >= 15 is 0 Å². The maximum atomic E-state index is 12.6. The van der Waals surface area contributed by atoms with E-state index in [0.717, 1.165) is 31.1 Å². The predicted molar refractivity (Wildman–Crippen MR) is 67.3 cm³/mol. The SMILES string of the molecule is FC(F)(F)c1cc(C2CCCN(Cc3ccon3)C2)[nH]n1. The van der Waals surface area contributed by atoms with Crippen molar-refractivity contribution in [1.82, 2.24) is 20.3 Å². The Balaban J connectivity index is 1.67. The number of aromatic nitrogens is 3. The second kappa shape index (κ2) is 5.51. The van der Waals surface area contributed by atoms with E-state index in [4.69, 9.17) is 4.52 Å². The Morgan fingerprint density at radius 2 is 2.29 bits per heavy atom. The van der Waals surface area contributed by atoms with E-state index in [9.17, 15) is 13.2 Å². The Bertz CT molecular complexity index is 579. The van der Waals surface area contributed by atoms with Crippen molar-refractivity contribution >= 4 is 0 Å². The van der Waals surface area contributed by atoms with Crippen molar-refractivity contribution in [1.29, 1.82) is 0 Å². The molecule has 1 fully saturated rings. The maximum absolute atomic E-state index is 12.6. The van der Waals surface area contributed by atoms with Crippen molar-refractivity contribution in [2.24, 2.45) is 0 Å². The highest BCUT2D eigenvalue weighted by atomic mass is 19.4. The molecule has 0 spiro atoms. The van der Waals surface area contributed by atoms with E-state index in [0.29, 0.717) is 18.8 Å².